The summed E-state index contributed by atoms with van der Waals surface area (Å²) in [6, 6.07) is 12.3. The summed E-state index contributed by atoms with van der Waals surface area (Å²) >= 11 is 0. The molecule has 1 atom stereocenters. The Morgan fingerprint density at radius 2 is 1.68 bits per heavy atom. The Hall–Kier alpha value is -2.67. The number of piperazine rings is 1. The molecule has 3 heterocycles. The summed E-state index contributed by atoms with van der Waals surface area (Å²) in [4.78, 5) is 32.9. The molecule has 3 fully saturated rings. The van der Waals surface area contributed by atoms with Crippen LogP contribution in [0.15, 0.2) is 47.4 Å². The van der Waals surface area contributed by atoms with Crippen molar-refractivity contribution in [1.82, 2.24) is 19.6 Å². The van der Waals surface area contributed by atoms with Gasteiger partial charge in [-0.3, -0.25) is 14.5 Å². The molecular formula is C27H37N5O2. The number of benzene rings is 1. The van der Waals surface area contributed by atoms with E-state index in [2.05, 4.69) is 19.8 Å². The van der Waals surface area contributed by atoms with Gasteiger partial charge in [-0.1, -0.05) is 49.6 Å². The third-order valence-corrected chi connectivity index (χ3v) is 7.88. The highest BCUT2D eigenvalue weighted by Crippen LogP contribution is 2.26. The van der Waals surface area contributed by atoms with Gasteiger partial charge >= 0.3 is 0 Å². The van der Waals surface area contributed by atoms with Gasteiger partial charge in [-0.15, -0.1) is 0 Å². The van der Waals surface area contributed by atoms with Gasteiger partial charge < -0.3 is 9.80 Å². The molecule has 34 heavy (non-hydrogen) atoms. The van der Waals surface area contributed by atoms with Gasteiger partial charge in [0.2, 0.25) is 5.91 Å². The van der Waals surface area contributed by atoms with Crippen LogP contribution in [0.25, 0.3) is 0 Å². The standard InChI is InChI=1S/C27H37N5O2/c33-26-18-25(19-28-32(26)20-22-8-3-1-4-9-22)31-13-7-10-23(21-31)27(34)30-16-14-29(15-17-30)24-11-5-2-6-12-24/h1,3-4,8-9,18-19,23-24H,2,5-7,10-17,20-21H2/t23-/m0/s1. The molecule has 1 aliphatic carbocycles. The first kappa shape index (κ1) is 23.1. The molecule has 7 nitrogen and oxygen atoms in total. The molecule has 0 unspecified atom stereocenters. The van der Waals surface area contributed by atoms with Crippen LogP contribution >= 0.6 is 0 Å². The van der Waals surface area contributed by atoms with E-state index in [1.165, 1.54) is 36.8 Å². The molecule has 1 amide bonds. The highest BCUT2D eigenvalue weighted by atomic mass is 16.2. The predicted octanol–water partition coefficient (Wildman–Crippen LogP) is 2.98. The third kappa shape index (κ3) is 5.35. The first-order chi connectivity index (χ1) is 16.7. The molecule has 1 aromatic heterocycles. The first-order valence-electron chi connectivity index (χ1n) is 13.1. The Labute approximate surface area is 202 Å². The molecule has 2 aliphatic heterocycles. The number of anilines is 1. The van der Waals surface area contributed by atoms with Gasteiger partial charge in [0, 0.05) is 51.4 Å². The normalized spacial score (nSPS) is 22.6. The van der Waals surface area contributed by atoms with Gasteiger partial charge in [-0.25, -0.2) is 4.68 Å². The van der Waals surface area contributed by atoms with Crippen molar-refractivity contribution in [3.63, 3.8) is 0 Å². The Balaban J connectivity index is 1.17. The zero-order valence-corrected chi connectivity index (χ0v) is 20.1. The molecule has 7 heteroatoms. The maximum Gasteiger partial charge on any atom is 0.269 e. The van der Waals surface area contributed by atoms with Crippen molar-refractivity contribution in [3.05, 3.63) is 58.5 Å². The smallest absolute Gasteiger partial charge is 0.269 e. The van der Waals surface area contributed by atoms with Crippen LogP contribution in [0.3, 0.4) is 0 Å². The highest BCUT2D eigenvalue weighted by Gasteiger charge is 2.33. The molecule has 0 spiro atoms. The molecule has 2 saturated heterocycles. The number of rotatable bonds is 5. The van der Waals surface area contributed by atoms with Crippen LogP contribution in [0.1, 0.15) is 50.5 Å². The van der Waals surface area contributed by atoms with Gasteiger partial charge in [-0.2, -0.15) is 5.10 Å². The minimum absolute atomic E-state index is 0.00160. The van der Waals surface area contributed by atoms with Crippen LogP contribution in [0, 0.1) is 5.92 Å². The van der Waals surface area contributed by atoms with Gasteiger partial charge in [0.1, 0.15) is 0 Å². The fraction of sp³-hybridized carbons (Fsp3) is 0.593. The number of nitrogens with zero attached hydrogens (tertiary/aromatic N) is 5. The summed E-state index contributed by atoms with van der Waals surface area (Å²) in [5, 5.41) is 4.42. The number of hydrogen-bond donors (Lipinski definition) is 0. The van der Waals surface area contributed by atoms with Crippen LogP contribution in [-0.4, -0.2) is 70.8 Å². The van der Waals surface area contributed by atoms with Gasteiger partial charge in [0.05, 0.1) is 24.3 Å². The Morgan fingerprint density at radius 3 is 2.41 bits per heavy atom. The van der Waals surface area contributed by atoms with Gasteiger partial charge in [-0.05, 0) is 31.2 Å². The van der Waals surface area contributed by atoms with E-state index in [4.69, 9.17) is 0 Å². The summed E-state index contributed by atoms with van der Waals surface area (Å²) in [5.41, 5.74) is 1.78. The van der Waals surface area contributed by atoms with Gasteiger partial charge in [0.25, 0.3) is 5.56 Å². The predicted molar refractivity (Wildman–Crippen MR) is 134 cm³/mol. The lowest BCUT2D eigenvalue weighted by Crippen LogP contribution is -2.54. The monoisotopic (exact) mass is 463 g/mol. The van der Waals surface area contributed by atoms with Crippen molar-refractivity contribution < 1.29 is 4.79 Å². The zero-order chi connectivity index (χ0) is 23.3. The van der Waals surface area contributed by atoms with Crippen LogP contribution in [0.4, 0.5) is 5.69 Å². The van der Waals surface area contributed by atoms with E-state index in [0.29, 0.717) is 19.0 Å². The zero-order valence-electron chi connectivity index (χ0n) is 20.1. The summed E-state index contributed by atoms with van der Waals surface area (Å²) in [7, 11) is 0. The molecule has 2 aromatic rings. The van der Waals surface area contributed by atoms with E-state index < -0.39 is 0 Å². The van der Waals surface area contributed by atoms with Crippen molar-refractivity contribution in [2.45, 2.75) is 57.5 Å². The topological polar surface area (TPSA) is 61.7 Å². The highest BCUT2D eigenvalue weighted by molar-refractivity contribution is 5.80. The van der Waals surface area contributed by atoms with Gasteiger partial charge in [0.15, 0.2) is 0 Å². The average molecular weight is 464 g/mol. The minimum atomic E-state index is -0.103. The maximum atomic E-state index is 13.3. The first-order valence-corrected chi connectivity index (χ1v) is 13.1. The quantitative estimate of drug-likeness (QED) is 0.682. The van der Waals surface area contributed by atoms with Crippen LogP contribution in [0.5, 0.6) is 0 Å². The SMILES string of the molecule is O=C([C@H]1CCCN(c2cnn(Cc3ccccc3)c(=O)c2)C1)N1CCN(C2CCCCC2)CC1. The second-order valence-electron chi connectivity index (χ2n) is 10.1. The average Bonchev–Trinajstić information content (AvgIpc) is 2.91. The number of hydrogen-bond acceptors (Lipinski definition) is 5. The summed E-state index contributed by atoms with van der Waals surface area (Å²) in [6.07, 6.45) is 10.4. The van der Waals surface area contributed by atoms with Crippen molar-refractivity contribution in [1.29, 1.82) is 0 Å². The summed E-state index contributed by atoms with van der Waals surface area (Å²) in [6.45, 7) is 5.72. The van der Waals surface area contributed by atoms with Crippen LogP contribution < -0.4 is 10.5 Å². The number of carbonyl (C=O) groups excluding carboxylic acids is 1. The maximum absolute atomic E-state index is 13.3. The molecule has 0 radical (unpaired) electrons. The molecule has 1 aromatic carbocycles. The van der Waals surface area contributed by atoms with Crippen molar-refractivity contribution in [2.24, 2.45) is 5.92 Å². The summed E-state index contributed by atoms with van der Waals surface area (Å²) in [5.74, 6) is 0.292. The molecule has 5 rings (SSSR count). The number of carbonyl (C=O) groups is 1. The molecule has 0 N–H and O–H groups in total. The molecule has 182 valence electrons. The van der Waals surface area contributed by atoms with Crippen molar-refractivity contribution in [2.75, 3.05) is 44.2 Å². The molecular weight excluding hydrogens is 426 g/mol. The lowest BCUT2D eigenvalue weighted by atomic mass is 9.93. The fourth-order valence-electron chi connectivity index (χ4n) is 5.90. The second kappa shape index (κ2) is 10.7. The Kier molecular flexibility index (Phi) is 7.28. The molecule has 3 aliphatic rings. The van der Waals surface area contributed by atoms with Crippen molar-refractivity contribution >= 4 is 11.6 Å². The fourth-order valence-corrected chi connectivity index (χ4v) is 5.90. The number of amides is 1. The minimum Gasteiger partial charge on any atom is -0.369 e. The van der Waals surface area contributed by atoms with E-state index in [0.717, 1.165) is 62.9 Å². The second-order valence-corrected chi connectivity index (χ2v) is 10.1. The Morgan fingerprint density at radius 1 is 0.912 bits per heavy atom. The van der Waals surface area contributed by atoms with E-state index in [1.807, 2.05) is 30.3 Å². The largest absolute Gasteiger partial charge is 0.369 e. The lowest BCUT2D eigenvalue weighted by Gasteiger charge is -2.42. The number of aromatic nitrogens is 2. The Bertz CT molecular complexity index is 1010. The molecule has 1 saturated carbocycles. The van der Waals surface area contributed by atoms with E-state index >= 15 is 0 Å². The van der Waals surface area contributed by atoms with Crippen LogP contribution in [-0.2, 0) is 11.3 Å². The molecule has 0 bridgehead atoms. The van der Waals surface area contributed by atoms with E-state index in [-0.39, 0.29) is 11.5 Å². The number of piperidine rings is 1. The lowest BCUT2D eigenvalue weighted by molar-refractivity contribution is -0.138. The third-order valence-electron chi connectivity index (χ3n) is 7.88. The van der Waals surface area contributed by atoms with E-state index in [9.17, 15) is 9.59 Å². The summed E-state index contributed by atoms with van der Waals surface area (Å²) < 4.78 is 1.50. The van der Waals surface area contributed by atoms with Crippen LogP contribution in [0.2, 0.25) is 0 Å². The van der Waals surface area contributed by atoms with Crippen molar-refractivity contribution in [3.8, 4) is 0 Å². The van der Waals surface area contributed by atoms with E-state index in [1.54, 1.807) is 12.3 Å².